The summed E-state index contributed by atoms with van der Waals surface area (Å²) in [6.07, 6.45) is 28.0. The molecule has 1 unspecified atom stereocenters. The molecule has 0 aliphatic heterocycles. The molecule has 0 fully saturated rings. The number of carbonyl (C=O) groups excluding carboxylic acids is 1. The Morgan fingerprint density at radius 1 is 0.533 bits per heavy atom. The third kappa shape index (κ3) is 20.3. The summed E-state index contributed by atoms with van der Waals surface area (Å²) in [5.74, 6) is -2.64. The molecule has 0 aliphatic rings. The van der Waals surface area contributed by atoms with Gasteiger partial charge in [0.1, 0.15) is 5.54 Å². The quantitative estimate of drug-likeness (QED) is 0.0684. The van der Waals surface area contributed by atoms with Gasteiger partial charge in [0, 0.05) is 18.9 Å². The lowest BCUT2D eigenvalue weighted by molar-refractivity contribution is -0.167. The van der Waals surface area contributed by atoms with Crippen molar-refractivity contribution in [1.82, 2.24) is 4.90 Å². The van der Waals surface area contributed by atoms with E-state index in [-0.39, 0.29) is 12.3 Å². The van der Waals surface area contributed by atoms with Crippen molar-refractivity contribution in [3.05, 3.63) is 0 Å². The van der Waals surface area contributed by atoms with E-state index in [9.17, 15) is 24.6 Å². The van der Waals surface area contributed by atoms with Crippen LogP contribution in [0.3, 0.4) is 0 Å². The molecule has 266 valence electrons. The van der Waals surface area contributed by atoms with Crippen molar-refractivity contribution in [2.75, 3.05) is 6.54 Å². The smallest absolute Gasteiger partial charge is 0.329 e. The highest BCUT2D eigenvalue weighted by atomic mass is 16.4. The molecule has 0 aromatic rings. The lowest BCUT2D eigenvalue weighted by Gasteiger charge is -2.46. The van der Waals surface area contributed by atoms with E-state index in [1.54, 1.807) is 4.90 Å². The SMILES string of the molecule is CCCCCCCCCCCC(=O)N(CCCCCCCCCC)[C@](CCCCCC)(C(=O)O)C(CCCCCC)CC(=O)O. The standard InChI is InChI=1S/C39H75NO5/c1-5-9-13-17-19-21-22-24-27-31-36(41)40(33-29-25-23-20-18-14-10-6-2)39(38(44)45,32-28-16-12-8-4)35(34-37(42)43)30-26-15-11-7-3/h35H,5-34H2,1-4H3,(H,42,43)(H,44,45)/t35?,39-/m0/s1. The average Bonchev–Trinajstić information content (AvgIpc) is 3.01. The van der Waals surface area contributed by atoms with Gasteiger partial charge in [-0.1, -0.05) is 175 Å². The van der Waals surface area contributed by atoms with E-state index < -0.39 is 23.4 Å². The summed E-state index contributed by atoms with van der Waals surface area (Å²) in [5.41, 5.74) is -1.46. The summed E-state index contributed by atoms with van der Waals surface area (Å²) >= 11 is 0. The maximum atomic E-state index is 14.1. The zero-order valence-electron chi connectivity index (χ0n) is 30.4. The van der Waals surface area contributed by atoms with Gasteiger partial charge in [0.15, 0.2) is 0 Å². The summed E-state index contributed by atoms with van der Waals surface area (Å²) in [7, 11) is 0. The third-order valence-electron chi connectivity index (χ3n) is 9.80. The van der Waals surface area contributed by atoms with Gasteiger partial charge in [-0.25, -0.2) is 4.79 Å². The van der Waals surface area contributed by atoms with Crippen molar-refractivity contribution in [3.8, 4) is 0 Å². The Hall–Kier alpha value is -1.59. The predicted octanol–water partition coefficient (Wildman–Crippen LogP) is 11.7. The highest BCUT2D eigenvalue weighted by Gasteiger charge is 2.51. The molecule has 1 amide bonds. The average molecular weight is 638 g/mol. The lowest BCUT2D eigenvalue weighted by atomic mass is 9.73. The molecule has 0 saturated heterocycles. The van der Waals surface area contributed by atoms with E-state index in [0.717, 1.165) is 83.5 Å². The molecule has 2 atom stereocenters. The van der Waals surface area contributed by atoms with Crippen LogP contribution >= 0.6 is 0 Å². The van der Waals surface area contributed by atoms with Crippen LogP contribution in [-0.2, 0) is 14.4 Å². The second-order valence-electron chi connectivity index (χ2n) is 13.8. The fourth-order valence-electron chi connectivity index (χ4n) is 6.99. The van der Waals surface area contributed by atoms with Gasteiger partial charge in [0.2, 0.25) is 5.91 Å². The van der Waals surface area contributed by atoms with Crippen molar-refractivity contribution in [1.29, 1.82) is 0 Å². The summed E-state index contributed by atoms with van der Waals surface area (Å²) in [4.78, 5) is 41.5. The van der Waals surface area contributed by atoms with Gasteiger partial charge in [-0.2, -0.15) is 0 Å². The van der Waals surface area contributed by atoms with Crippen LogP contribution in [0.4, 0.5) is 0 Å². The fraction of sp³-hybridized carbons (Fsp3) is 0.923. The number of hydrogen-bond acceptors (Lipinski definition) is 3. The van der Waals surface area contributed by atoms with Crippen molar-refractivity contribution < 1.29 is 24.6 Å². The number of carboxylic acid groups (broad SMARTS) is 2. The summed E-state index contributed by atoms with van der Waals surface area (Å²) in [5, 5.41) is 21.0. The molecule has 0 rings (SSSR count). The number of amides is 1. The van der Waals surface area contributed by atoms with Gasteiger partial charge in [-0.3, -0.25) is 9.59 Å². The van der Waals surface area contributed by atoms with E-state index >= 15 is 0 Å². The molecular formula is C39H75NO5. The van der Waals surface area contributed by atoms with Crippen LogP contribution in [0.1, 0.15) is 214 Å². The molecule has 0 spiro atoms. The summed E-state index contributed by atoms with van der Waals surface area (Å²) < 4.78 is 0. The molecular weight excluding hydrogens is 562 g/mol. The molecule has 0 aliphatic carbocycles. The lowest BCUT2D eigenvalue weighted by Crippen LogP contribution is -2.62. The maximum absolute atomic E-state index is 14.1. The Balaban J connectivity index is 5.97. The third-order valence-corrected chi connectivity index (χ3v) is 9.80. The minimum Gasteiger partial charge on any atom is -0.481 e. The molecule has 2 N–H and O–H groups in total. The number of aliphatic carboxylic acids is 2. The van der Waals surface area contributed by atoms with Crippen molar-refractivity contribution in [2.45, 2.75) is 219 Å². The molecule has 0 saturated carbocycles. The van der Waals surface area contributed by atoms with E-state index in [1.807, 2.05) is 0 Å². The first-order valence-corrected chi connectivity index (χ1v) is 19.6. The largest absolute Gasteiger partial charge is 0.481 e. The first kappa shape index (κ1) is 43.4. The van der Waals surface area contributed by atoms with Gasteiger partial charge < -0.3 is 15.1 Å². The summed E-state index contributed by atoms with van der Waals surface area (Å²) in [6, 6.07) is 0. The maximum Gasteiger partial charge on any atom is 0.329 e. The summed E-state index contributed by atoms with van der Waals surface area (Å²) in [6.45, 7) is 9.14. The van der Waals surface area contributed by atoms with Crippen LogP contribution < -0.4 is 0 Å². The number of carbonyl (C=O) groups is 3. The van der Waals surface area contributed by atoms with Crippen LogP contribution in [-0.4, -0.2) is 45.0 Å². The van der Waals surface area contributed by atoms with E-state index in [2.05, 4.69) is 27.7 Å². The minimum absolute atomic E-state index is 0.0808. The highest BCUT2D eigenvalue weighted by molar-refractivity contribution is 5.88. The zero-order chi connectivity index (χ0) is 33.6. The highest BCUT2D eigenvalue weighted by Crippen LogP contribution is 2.39. The number of nitrogens with zero attached hydrogens (tertiary/aromatic N) is 1. The Kier molecular flexibility index (Phi) is 28.7. The number of unbranched alkanes of at least 4 members (excludes halogenated alkanes) is 21. The Labute approximate surface area is 278 Å². The van der Waals surface area contributed by atoms with E-state index in [4.69, 9.17) is 0 Å². The molecule has 6 nitrogen and oxygen atoms in total. The Morgan fingerprint density at radius 2 is 0.933 bits per heavy atom. The van der Waals surface area contributed by atoms with Gasteiger partial charge in [-0.15, -0.1) is 0 Å². The molecule has 6 heteroatoms. The number of hydrogen-bond donors (Lipinski definition) is 2. The van der Waals surface area contributed by atoms with Crippen molar-refractivity contribution in [2.24, 2.45) is 5.92 Å². The first-order chi connectivity index (χ1) is 21.8. The molecule has 45 heavy (non-hydrogen) atoms. The number of carboxylic acids is 2. The second kappa shape index (κ2) is 29.8. The van der Waals surface area contributed by atoms with Crippen LogP contribution in [0.5, 0.6) is 0 Å². The monoisotopic (exact) mass is 638 g/mol. The first-order valence-electron chi connectivity index (χ1n) is 19.6. The zero-order valence-corrected chi connectivity index (χ0v) is 30.4. The number of rotatable bonds is 34. The molecule has 0 bridgehead atoms. The van der Waals surface area contributed by atoms with Crippen molar-refractivity contribution in [3.63, 3.8) is 0 Å². The van der Waals surface area contributed by atoms with Gasteiger partial charge >= 0.3 is 11.9 Å². The predicted molar refractivity (Wildman–Crippen MR) is 190 cm³/mol. The van der Waals surface area contributed by atoms with Crippen LogP contribution in [0, 0.1) is 5.92 Å². The molecule has 0 aromatic carbocycles. The molecule has 0 aromatic heterocycles. The molecule has 0 heterocycles. The van der Waals surface area contributed by atoms with Gasteiger partial charge in [0.05, 0.1) is 6.42 Å². The minimum atomic E-state index is -1.46. The van der Waals surface area contributed by atoms with Gasteiger partial charge in [0.25, 0.3) is 0 Å². The Bertz CT molecular complexity index is 726. The van der Waals surface area contributed by atoms with Gasteiger partial charge in [-0.05, 0) is 25.7 Å². The Morgan fingerprint density at radius 3 is 1.38 bits per heavy atom. The fourth-order valence-corrected chi connectivity index (χ4v) is 6.99. The second-order valence-corrected chi connectivity index (χ2v) is 13.8. The van der Waals surface area contributed by atoms with Crippen molar-refractivity contribution >= 4 is 17.8 Å². The van der Waals surface area contributed by atoms with Crippen LogP contribution in [0.15, 0.2) is 0 Å². The topological polar surface area (TPSA) is 94.9 Å². The normalized spacial score (nSPS) is 13.4. The van der Waals surface area contributed by atoms with E-state index in [1.165, 1.54) is 70.6 Å². The van der Waals surface area contributed by atoms with E-state index in [0.29, 0.717) is 32.2 Å². The van der Waals surface area contributed by atoms with Crippen LogP contribution in [0.2, 0.25) is 0 Å². The molecule has 0 radical (unpaired) electrons. The van der Waals surface area contributed by atoms with Crippen LogP contribution in [0.25, 0.3) is 0 Å².